The summed E-state index contributed by atoms with van der Waals surface area (Å²) in [5.41, 5.74) is 2.82. The summed E-state index contributed by atoms with van der Waals surface area (Å²) < 4.78 is 0.877. The molecule has 0 radical (unpaired) electrons. The van der Waals surface area contributed by atoms with Crippen LogP contribution >= 0.6 is 15.9 Å². The highest BCUT2D eigenvalue weighted by Gasteiger charge is 2.42. The Kier molecular flexibility index (Phi) is 3.88. The number of halogens is 1. The molecular weight excluding hydrogens is 358 g/mol. The third-order valence-electron chi connectivity index (χ3n) is 4.39. The molecule has 5 nitrogen and oxygen atoms in total. The van der Waals surface area contributed by atoms with E-state index in [0.717, 1.165) is 21.4 Å². The van der Waals surface area contributed by atoms with E-state index in [2.05, 4.69) is 26.1 Å². The van der Waals surface area contributed by atoms with Crippen molar-refractivity contribution in [2.24, 2.45) is 0 Å². The number of carbonyl (C=O) groups is 2. The minimum atomic E-state index is -0.450. The molecule has 0 fully saturated rings. The quantitative estimate of drug-likeness (QED) is 0.837. The van der Waals surface area contributed by atoms with Gasteiger partial charge in [0.25, 0.3) is 0 Å². The molecule has 6 heteroatoms. The number of fused-ring (bicyclic) bond motifs is 1. The van der Waals surface area contributed by atoms with Crippen molar-refractivity contribution in [3.63, 3.8) is 0 Å². The summed E-state index contributed by atoms with van der Waals surface area (Å²) >= 11 is 3.38. The van der Waals surface area contributed by atoms with Crippen molar-refractivity contribution in [3.05, 3.63) is 51.3 Å². The number of rotatable bonds is 3. The standard InChI is InChI=1S/C17H18BrN3O2/c1-10(22)21-9-13-14(19-20-16(13)17(21,2)3)8-15(23)11-5-4-6-12(18)7-11/h4-7H,8-9H2,1-3H3,(H,19,20). The molecule has 3 rings (SSSR count). The number of H-pyrrole nitrogens is 1. The zero-order valence-corrected chi connectivity index (χ0v) is 14.9. The second-order valence-corrected chi connectivity index (χ2v) is 7.22. The van der Waals surface area contributed by atoms with Gasteiger partial charge in [0.1, 0.15) is 0 Å². The molecule has 1 aromatic carbocycles. The molecule has 0 saturated heterocycles. The maximum Gasteiger partial charge on any atom is 0.220 e. The van der Waals surface area contributed by atoms with E-state index in [0.29, 0.717) is 12.1 Å². The van der Waals surface area contributed by atoms with Crippen LogP contribution in [0.3, 0.4) is 0 Å². The molecule has 0 unspecified atom stereocenters. The molecule has 2 aromatic rings. The van der Waals surface area contributed by atoms with Crippen molar-refractivity contribution in [2.45, 2.75) is 39.3 Å². The first-order chi connectivity index (χ1) is 10.8. The SMILES string of the molecule is CC(=O)N1Cc2c(n[nH]c2CC(=O)c2cccc(Br)c2)C1(C)C. The van der Waals surface area contributed by atoms with Crippen molar-refractivity contribution in [3.8, 4) is 0 Å². The smallest absolute Gasteiger partial charge is 0.220 e. The van der Waals surface area contributed by atoms with Gasteiger partial charge >= 0.3 is 0 Å². The minimum Gasteiger partial charge on any atom is -0.328 e. The highest BCUT2D eigenvalue weighted by atomic mass is 79.9. The molecule has 0 saturated carbocycles. The molecule has 2 heterocycles. The molecular formula is C17H18BrN3O2. The largest absolute Gasteiger partial charge is 0.328 e. The first-order valence-electron chi connectivity index (χ1n) is 7.44. The van der Waals surface area contributed by atoms with E-state index < -0.39 is 5.54 Å². The first-order valence-corrected chi connectivity index (χ1v) is 8.23. The monoisotopic (exact) mass is 375 g/mol. The summed E-state index contributed by atoms with van der Waals surface area (Å²) in [5, 5.41) is 7.35. The number of nitrogens with one attached hydrogen (secondary N) is 1. The van der Waals surface area contributed by atoms with Crippen LogP contribution in [-0.4, -0.2) is 26.8 Å². The third kappa shape index (κ3) is 2.72. The van der Waals surface area contributed by atoms with Gasteiger partial charge in [-0.05, 0) is 26.0 Å². The number of ketones is 1. The molecule has 0 atom stereocenters. The van der Waals surface area contributed by atoms with Crippen LogP contribution in [0.25, 0.3) is 0 Å². The van der Waals surface area contributed by atoms with Gasteiger partial charge in [0.05, 0.1) is 24.2 Å². The fourth-order valence-corrected chi connectivity index (χ4v) is 3.54. The molecule has 1 amide bonds. The van der Waals surface area contributed by atoms with Gasteiger partial charge in [0, 0.05) is 28.2 Å². The topological polar surface area (TPSA) is 66.1 Å². The van der Waals surface area contributed by atoms with E-state index in [1.807, 2.05) is 32.0 Å². The average molecular weight is 376 g/mol. The maximum absolute atomic E-state index is 12.5. The number of aromatic nitrogens is 2. The lowest BCUT2D eigenvalue weighted by atomic mass is 9.98. The van der Waals surface area contributed by atoms with Gasteiger partial charge in [-0.3, -0.25) is 14.7 Å². The van der Waals surface area contributed by atoms with Crippen LogP contribution in [0.2, 0.25) is 0 Å². The summed E-state index contributed by atoms with van der Waals surface area (Å²) in [6, 6.07) is 7.34. The van der Waals surface area contributed by atoms with Crippen LogP contribution in [0.4, 0.5) is 0 Å². The number of aromatic amines is 1. The second-order valence-electron chi connectivity index (χ2n) is 6.30. The van der Waals surface area contributed by atoms with Crippen molar-refractivity contribution in [1.29, 1.82) is 0 Å². The highest BCUT2D eigenvalue weighted by Crippen LogP contribution is 2.39. The molecule has 0 spiro atoms. The Balaban J connectivity index is 1.88. The van der Waals surface area contributed by atoms with E-state index in [-0.39, 0.29) is 18.1 Å². The van der Waals surface area contributed by atoms with E-state index >= 15 is 0 Å². The zero-order chi connectivity index (χ0) is 16.8. The Morgan fingerprint density at radius 3 is 2.78 bits per heavy atom. The van der Waals surface area contributed by atoms with Gasteiger partial charge in [-0.15, -0.1) is 0 Å². The van der Waals surface area contributed by atoms with Gasteiger partial charge in [-0.1, -0.05) is 28.1 Å². The first kappa shape index (κ1) is 15.9. The molecule has 1 aliphatic heterocycles. The Bertz CT molecular complexity index is 795. The van der Waals surface area contributed by atoms with E-state index in [4.69, 9.17) is 0 Å². The Labute approximate surface area is 143 Å². The second kappa shape index (κ2) is 5.60. The van der Waals surface area contributed by atoms with Crippen LogP contribution in [0.1, 0.15) is 48.1 Å². The summed E-state index contributed by atoms with van der Waals surface area (Å²) in [7, 11) is 0. The van der Waals surface area contributed by atoms with Crippen molar-refractivity contribution in [1.82, 2.24) is 15.1 Å². The van der Waals surface area contributed by atoms with Gasteiger partial charge < -0.3 is 4.90 Å². The predicted molar refractivity (Wildman–Crippen MR) is 90.0 cm³/mol. The fraction of sp³-hybridized carbons (Fsp3) is 0.353. The third-order valence-corrected chi connectivity index (χ3v) is 4.88. The Morgan fingerprint density at radius 2 is 2.13 bits per heavy atom. The van der Waals surface area contributed by atoms with Crippen LogP contribution in [-0.2, 0) is 23.3 Å². The zero-order valence-electron chi connectivity index (χ0n) is 13.3. The fourth-order valence-electron chi connectivity index (χ4n) is 3.14. The summed E-state index contributed by atoms with van der Waals surface area (Å²) in [6.45, 7) is 6.00. The van der Waals surface area contributed by atoms with E-state index in [1.54, 1.807) is 17.9 Å². The van der Waals surface area contributed by atoms with Crippen LogP contribution < -0.4 is 0 Å². The van der Waals surface area contributed by atoms with E-state index in [9.17, 15) is 9.59 Å². The van der Waals surface area contributed by atoms with Crippen LogP contribution in [0.5, 0.6) is 0 Å². The van der Waals surface area contributed by atoms with Crippen molar-refractivity contribution < 1.29 is 9.59 Å². The van der Waals surface area contributed by atoms with Crippen molar-refractivity contribution >= 4 is 27.6 Å². The number of hydrogen-bond donors (Lipinski definition) is 1. The van der Waals surface area contributed by atoms with Gasteiger partial charge in [-0.25, -0.2) is 0 Å². The van der Waals surface area contributed by atoms with Gasteiger partial charge in [0.15, 0.2) is 5.78 Å². The normalized spacial score (nSPS) is 15.6. The summed E-state index contributed by atoms with van der Waals surface area (Å²) in [5.74, 6) is 0.0362. The number of carbonyl (C=O) groups excluding carboxylic acids is 2. The Hall–Kier alpha value is -1.95. The summed E-state index contributed by atoms with van der Waals surface area (Å²) in [4.78, 5) is 26.1. The molecule has 1 N–H and O–H groups in total. The van der Waals surface area contributed by atoms with Crippen LogP contribution in [0.15, 0.2) is 28.7 Å². The molecule has 1 aromatic heterocycles. The van der Waals surface area contributed by atoms with Gasteiger partial charge in [-0.2, -0.15) is 5.10 Å². The number of hydrogen-bond acceptors (Lipinski definition) is 3. The molecule has 0 aliphatic carbocycles. The number of benzene rings is 1. The molecule has 1 aliphatic rings. The average Bonchev–Trinajstić information content (AvgIpc) is 2.98. The van der Waals surface area contributed by atoms with Crippen LogP contribution in [0, 0.1) is 0 Å². The molecule has 23 heavy (non-hydrogen) atoms. The van der Waals surface area contributed by atoms with E-state index in [1.165, 1.54) is 0 Å². The highest BCUT2D eigenvalue weighted by molar-refractivity contribution is 9.10. The summed E-state index contributed by atoms with van der Waals surface area (Å²) in [6.07, 6.45) is 0.251. The Morgan fingerprint density at radius 1 is 1.39 bits per heavy atom. The maximum atomic E-state index is 12.5. The number of amides is 1. The lowest BCUT2D eigenvalue weighted by Crippen LogP contribution is -2.39. The molecule has 0 bridgehead atoms. The lowest BCUT2D eigenvalue weighted by Gasteiger charge is -2.30. The number of Topliss-reactive ketones (excluding diaryl/α,β-unsaturated/α-hetero) is 1. The molecule has 120 valence electrons. The number of nitrogens with zero attached hydrogens (tertiary/aromatic N) is 2. The van der Waals surface area contributed by atoms with Crippen molar-refractivity contribution in [2.75, 3.05) is 0 Å². The lowest BCUT2D eigenvalue weighted by molar-refractivity contribution is -0.134. The predicted octanol–water partition coefficient (Wildman–Crippen LogP) is 3.19. The van der Waals surface area contributed by atoms with Gasteiger partial charge in [0.2, 0.25) is 5.91 Å². The minimum absolute atomic E-state index is 0.0114.